The van der Waals surface area contributed by atoms with Gasteiger partial charge in [0.1, 0.15) is 23.3 Å². The van der Waals surface area contributed by atoms with Crippen LogP contribution >= 0.6 is 11.3 Å². The average Bonchev–Trinajstić information content (AvgIpc) is 3.24. The van der Waals surface area contributed by atoms with Crippen molar-refractivity contribution in [1.82, 2.24) is 19.7 Å². The summed E-state index contributed by atoms with van der Waals surface area (Å²) in [5, 5.41) is 7.12. The molecule has 0 saturated carbocycles. The predicted octanol–water partition coefficient (Wildman–Crippen LogP) is 2.02. The molecular weight excluding hydrogens is 368 g/mol. The zero-order chi connectivity index (χ0) is 19.0. The molecule has 1 saturated heterocycles. The van der Waals surface area contributed by atoms with Crippen LogP contribution in [-0.2, 0) is 11.3 Å². The molecule has 10 heteroatoms. The molecule has 0 bridgehead atoms. The first kappa shape index (κ1) is 17.7. The van der Waals surface area contributed by atoms with Crippen LogP contribution in [0.25, 0.3) is 10.3 Å². The number of piperidine rings is 1. The van der Waals surface area contributed by atoms with Crippen LogP contribution in [0.5, 0.6) is 0 Å². The number of amides is 1. The van der Waals surface area contributed by atoms with Gasteiger partial charge in [-0.3, -0.25) is 14.2 Å². The van der Waals surface area contributed by atoms with Gasteiger partial charge in [0.15, 0.2) is 16.6 Å². The number of fused-ring (bicyclic) bond motifs is 1. The molecule has 1 fully saturated rings. The van der Waals surface area contributed by atoms with E-state index in [0.29, 0.717) is 27.8 Å². The van der Waals surface area contributed by atoms with Crippen molar-refractivity contribution in [3.8, 4) is 0 Å². The first-order valence-corrected chi connectivity index (χ1v) is 9.65. The van der Waals surface area contributed by atoms with Crippen molar-refractivity contribution in [2.45, 2.75) is 33.2 Å². The summed E-state index contributed by atoms with van der Waals surface area (Å²) in [4.78, 5) is 35.9. The lowest BCUT2D eigenvalue weighted by Gasteiger charge is -2.30. The van der Waals surface area contributed by atoms with E-state index in [-0.39, 0.29) is 18.0 Å². The van der Waals surface area contributed by atoms with Crippen LogP contribution in [0.3, 0.4) is 0 Å². The Balaban J connectivity index is 1.54. The highest BCUT2D eigenvalue weighted by molar-refractivity contribution is 7.22. The van der Waals surface area contributed by atoms with Gasteiger partial charge in [-0.05, 0) is 25.7 Å². The first-order chi connectivity index (χ1) is 13.0. The molecule has 142 valence electrons. The zero-order valence-corrected chi connectivity index (χ0v) is 16.0. The smallest absolute Gasteiger partial charge is 0.273 e. The summed E-state index contributed by atoms with van der Waals surface area (Å²) >= 11 is 1.34. The largest absolute Gasteiger partial charge is 0.360 e. The Morgan fingerprint density at radius 3 is 3.07 bits per heavy atom. The first-order valence-electron chi connectivity index (χ1n) is 8.83. The number of rotatable bonds is 4. The molecule has 0 aliphatic carbocycles. The number of thiazole rings is 1. The van der Waals surface area contributed by atoms with Gasteiger partial charge in [0.05, 0.1) is 0 Å². The van der Waals surface area contributed by atoms with Crippen molar-refractivity contribution in [2.75, 3.05) is 23.3 Å². The number of aryl methyl sites for hydroxylation is 1. The molecule has 1 aliphatic heterocycles. The van der Waals surface area contributed by atoms with E-state index in [2.05, 4.69) is 32.3 Å². The van der Waals surface area contributed by atoms with Crippen molar-refractivity contribution >= 4 is 38.5 Å². The van der Waals surface area contributed by atoms with Crippen LogP contribution in [0.2, 0.25) is 0 Å². The summed E-state index contributed by atoms with van der Waals surface area (Å²) in [5.41, 5.74) is 0.169. The Labute approximate surface area is 159 Å². The number of carbonyl (C=O) groups excluding carboxylic acids is 1. The second-order valence-corrected chi connectivity index (χ2v) is 7.87. The molecule has 27 heavy (non-hydrogen) atoms. The molecule has 0 spiro atoms. The third-order valence-electron chi connectivity index (χ3n) is 4.51. The number of anilines is 2. The lowest BCUT2D eigenvalue weighted by Crippen LogP contribution is -2.34. The van der Waals surface area contributed by atoms with E-state index < -0.39 is 0 Å². The van der Waals surface area contributed by atoms with Gasteiger partial charge in [0.2, 0.25) is 5.91 Å². The molecule has 0 radical (unpaired) electrons. The van der Waals surface area contributed by atoms with E-state index in [1.54, 1.807) is 13.0 Å². The summed E-state index contributed by atoms with van der Waals surface area (Å²) in [5.74, 6) is 1.15. The maximum Gasteiger partial charge on any atom is 0.273 e. The van der Waals surface area contributed by atoms with E-state index in [1.165, 1.54) is 28.7 Å². The summed E-state index contributed by atoms with van der Waals surface area (Å²) in [7, 11) is 0. The number of hydrogen-bond donors (Lipinski definition) is 1. The Hall–Kier alpha value is -2.75. The summed E-state index contributed by atoms with van der Waals surface area (Å²) < 4.78 is 6.66. The number of hydrogen-bond acceptors (Lipinski definition) is 8. The van der Waals surface area contributed by atoms with E-state index in [4.69, 9.17) is 4.52 Å². The maximum atomic E-state index is 12.7. The minimum atomic E-state index is -0.374. The fourth-order valence-electron chi connectivity index (χ4n) is 3.21. The quantitative estimate of drug-likeness (QED) is 0.729. The third-order valence-corrected chi connectivity index (χ3v) is 5.60. The highest BCUT2D eigenvalue weighted by Gasteiger charge is 2.21. The fourth-order valence-corrected chi connectivity index (χ4v) is 4.21. The third kappa shape index (κ3) is 3.70. The second kappa shape index (κ2) is 7.10. The molecule has 1 N–H and O–H groups in total. The standard InChI is InChI=1S/C17H20N6O3S/c1-10-4-3-5-22(7-10)17-20-15-14(27-17)16(25)23(9-18-15)8-13(24)19-12-6-11(2)26-21-12/h6,9-10H,3-5,7-8H2,1-2H3,(H,19,21,24). The highest BCUT2D eigenvalue weighted by atomic mass is 32.1. The van der Waals surface area contributed by atoms with Gasteiger partial charge in [0, 0.05) is 19.2 Å². The normalized spacial score (nSPS) is 17.4. The van der Waals surface area contributed by atoms with Crippen molar-refractivity contribution in [2.24, 2.45) is 5.92 Å². The van der Waals surface area contributed by atoms with Crippen LogP contribution in [0.1, 0.15) is 25.5 Å². The summed E-state index contributed by atoms with van der Waals surface area (Å²) in [6, 6.07) is 1.61. The number of nitrogens with zero attached hydrogens (tertiary/aromatic N) is 5. The predicted molar refractivity (Wildman–Crippen MR) is 102 cm³/mol. The molecule has 3 aromatic heterocycles. The van der Waals surface area contributed by atoms with Gasteiger partial charge < -0.3 is 14.7 Å². The van der Waals surface area contributed by atoms with Gasteiger partial charge in [0.25, 0.3) is 5.56 Å². The van der Waals surface area contributed by atoms with Crippen molar-refractivity contribution in [3.05, 3.63) is 28.5 Å². The lowest BCUT2D eigenvalue weighted by atomic mass is 10.0. The number of carbonyl (C=O) groups is 1. The molecule has 1 atom stereocenters. The van der Waals surface area contributed by atoms with E-state index in [1.807, 2.05) is 0 Å². The second-order valence-electron chi connectivity index (χ2n) is 6.89. The molecule has 9 nitrogen and oxygen atoms in total. The Kier molecular flexibility index (Phi) is 4.65. The van der Waals surface area contributed by atoms with Crippen LogP contribution in [0.4, 0.5) is 10.9 Å². The average molecular weight is 388 g/mol. The monoisotopic (exact) mass is 388 g/mol. The van der Waals surface area contributed by atoms with Crippen LogP contribution in [0.15, 0.2) is 21.7 Å². The molecular formula is C17H20N6O3S. The number of nitrogens with one attached hydrogen (secondary N) is 1. The summed E-state index contributed by atoms with van der Waals surface area (Å²) in [6.07, 6.45) is 3.70. The fraction of sp³-hybridized carbons (Fsp3) is 0.471. The van der Waals surface area contributed by atoms with Gasteiger partial charge in [-0.2, -0.15) is 4.98 Å². The lowest BCUT2D eigenvalue weighted by molar-refractivity contribution is -0.116. The topological polar surface area (TPSA) is 106 Å². The molecule has 4 rings (SSSR count). The Bertz CT molecular complexity index is 1040. The molecule has 0 aromatic carbocycles. The van der Waals surface area contributed by atoms with Crippen LogP contribution in [0, 0.1) is 12.8 Å². The van der Waals surface area contributed by atoms with E-state index in [0.717, 1.165) is 24.6 Å². The Morgan fingerprint density at radius 2 is 2.33 bits per heavy atom. The van der Waals surface area contributed by atoms with E-state index in [9.17, 15) is 9.59 Å². The maximum absolute atomic E-state index is 12.7. The van der Waals surface area contributed by atoms with Gasteiger partial charge in [-0.25, -0.2) is 4.98 Å². The molecule has 1 unspecified atom stereocenters. The van der Waals surface area contributed by atoms with Gasteiger partial charge >= 0.3 is 0 Å². The SMILES string of the molecule is Cc1cc(NC(=O)Cn2cnc3nc(N4CCCC(C)C4)sc3c2=O)no1. The summed E-state index contributed by atoms with van der Waals surface area (Å²) in [6.45, 7) is 5.68. The van der Waals surface area contributed by atoms with Gasteiger partial charge in [-0.15, -0.1) is 0 Å². The van der Waals surface area contributed by atoms with Gasteiger partial charge in [-0.1, -0.05) is 23.4 Å². The van der Waals surface area contributed by atoms with E-state index >= 15 is 0 Å². The van der Waals surface area contributed by atoms with Crippen LogP contribution < -0.4 is 15.8 Å². The van der Waals surface area contributed by atoms with Crippen molar-refractivity contribution < 1.29 is 9.32 Å². The van der Waals surface area contributed by atoms with Crippen LogP contribution in [-0.4, -0.2) is 38.7 Å². The highest BCUT2D eigenvalue weighted by Crippen LogP contribution is 2.29. The molecule has 4 heterocycles. The number of aromatic nitrogens is 4. The van der Waals surface area contributed by atoms with Crippen molar-refractivity contribution in [1.29, 1.82) is 0 Å². The van der Waals surface area contributed by atoms with Crippen molar-refractivity contribution in [3.63, 3.8) is 0 Å². The molecule has 1 amide bonds. The molecule has 1 aliphatic rings. The minimum absolute atomic E-state index is 0.151. The Morgan fingerprint density at radius 1 is 1.48 bits per heavy atom. The zero-order valence-electron chi connectivity index (χ0n) is 15.1. The minimum Gasteiger partial charge on any atom is -0.360 e. The molecule has 3 aromatic rings.